The Bertz CT molecular complexity index is 114. The van der Waals surface area contributed by atoms with Crippen LogP contribution in [0.2, 0.25) is 0 Å². The van der Waals surface area contributed by atoms with Gasteiger partial charge >= 0.3 is 0 Å². The minimum atomic E-state index is 0.850. The fourth-order valence-electron chi connectivity index (χ4n) is 0.785. The van der Waals surface area contributed by atoms with Crippen molar-refractivity contribution in [2.24, 2.45) is 0 Å². The number of hydrogen-bond acceptors (Lipinski definition) is 1. The summed E-state index contributed by atoms with van der Waals surface area (Å²) in [7, 11) is 0. The largest absolute Gasteiger partial charge is 0.175 e. The molecule has 64 valence electrons. The number of hydrogen-bond donors (Lipinski definition) is 1. The van der Waals surface area contributed by atoms with E-state index in [0.29, 0.717) is 0 Å². The Labute approximate surface area is 75.8 Å². The maximum Gasteiger partial charge on any atom is 0.00826 e. The van der Waals surface area contributed by atoms with Crippen LogP contribution in [0.1, 0.15) is 32.6 Å². The summed E-state index contributed by atoms with van der Waals surface area (Å²) in [5, 5.41) is 0. The van der Waals surface area contributed by atoms with Crippen LogP contribution >= 0.6 is 12.6 Å². The van der Waals surface area contributed by atoms with E-state index in [-0.39, 0.29) is 0 Å². The average Bonchev–Trinajstić information content (AvgIpc) is 2.03. The fraction of sp³-hybridized carbons (Fsp3) is 0.600. The molecule has 0 fully saturated rings. The SMILES string of the molecule is CCCCC=CCC=CCS. The van der Waals surface area contributed by atoms with Crippen LogP contribution in [0.25, 0.3) is 0 Å². The maximum absolute atomic E-state index is 4.07. The second-order valence-electron chi connectivity index (χ2n) is 2.50. The zero-order valence-corrected chi connectivity index (χ0v) is 8.19. The summed E-state index contributed by atoms with van der Waals surface area (Å²) in [5.74, 6) is 0.850. The molecular formula is C10H18S. The van der Waals surface area contributed by atoms with Crippen molar-refractivity contribution in [2.75, 3.05) is 5.75 Å². The molecule has 0 aliphatic carbocycles. The lowest BCUT2D eigenvalue weighted by Gasteiger charge is -1.86. The third-order valence-corrected chi connectivity index (χ3v) is 1.65. The predicted molar refractivity (Wildman–Crippen MR) is 56.3 cm³/mol. The van der Waals surface area contributed by atoms with Gasteiger partial charge in [0.15, 0.2) is 0 Å². The highest BCUT2D eigenvalue weighted by Crippen LogP contribution is 1.96. The Kier molecular flexibility index (Phi) is 9.68. The highest BCUT2D eigenvalue weighted by molar-refractivity contribution is 7.80. The van der Waals surface area contributed by atoms with Crippen molar-refractivity contribution in [3.05, 3.63) is 24.3 Å². The quantitative estimate of drug-likeness (QED) is 0.351. The van der Waals surface area contributed by atoms with Crippen LogP contribution < -0.4 is 0 Å². The molecule has 0 aromatic carbocycles. The molecule has 0 aliphatic heterocycles. The van der Waals surface area contributed by atoms with Crippen LogP contribution in [0.15, 0.2) is 24.3 Å². The van der Waals surface area contributed by atoms with Gasteiger partial charge in [-0.15, -0.1) is 0 Å². The van der Waals surface area contributed by atoms with E-state index in [1.54, 1.807) is 0 Å². The van der Waals surface area contributed by atoms with Crippen LogP contribution in [0.5, 0.6) is 0 Å². The summed E-state index contributed by atoms with van der Waals surface area (Å²) >= 11 is 4.07. The molecular weight excluding hydrogens is 152 g/mol. The molecule has 0 aliphatic rings. The van der Waals surface area contributed by atoms with E-state index in [1.165, 1.54) is 19.3 Å². The van der Waals surface area contributed by atoms with Gasteiger partial charge in [-0.25, -0.2) is 0 Å². The van der Waals surface area contributed by atoms with E-state index in [2.05, 4.69) is 43.9 Å². The Balaban J connectivity index is 3.09. The number of thiol groups is 1. The van der Waals surface area contributed by atoms with Crippen molar-refractivity contribution in [1.29, 1.82) is 0 Å². The molecule has 0 rings (SSSR count). The van der Waals surface area contributed by atoms with Gasteiger partial charge < -0.3 is 0 Å². The molecule has 0 saturated carbocycles. The lowest BCUT2D eigenvalue weighted by molar-refractivity contribution is 0.813. The highest BCUT2D eigenvalue weighted by atomic mass is 32.1. The van der Waals surface area contributed by atoms with Crippen LogP contribution in [0.4, 0.5) is 0 Å². The standard InChI is InChI=1S/C10H18S/c1-2-3-4-5-6-7-8-9-10-11/h5-6,8-9,11H,2-4,7,10H2,1H3. The zero-order chi connectivity index (χ0) is 8.36. The fourth-order valence-corrected chi connectivity index (χ4v) is 0.934. The number of allylic oxidation sites excluding steroid dienone is 3. The maximum atomic E-state index is 4.07. The lowest BCUT2D eigenvalue weighted by atomic mass is 10.2. The lowest BCUT2D eigenvalue weighted by Crippen LogP contribution is -1.67. The van der Waals surface area contributed by atoms with Gasteiger partial charge in [-0.1, -0.05) is 44.1 Å². The molecule has 0 unspecified atom stereocenters. The van der Waals surface area contributed by atoms with Gasteiger partial charge in [0.25, 0.3) is 0 Å². The molecule has 0 aromatic heterocycles. The van der Waals surface area contributed by atoms with Gasteiger partial charge in [0.2, 0.25) is 0 Å². The van der Waals surface area contributed by atoms with Crippen molar-refractivity contribution in [1.82, 2.24) is 0 Å². The Morgan fingerprint density at radius 3 is 2.45 bits per heavy atom. The second-order valence-corrected chi connectivity index (χ2v) is 2.87. The monoisotopic (exact) mass is 170 g/mol. The number of rotatable bonds is 6. The van der Waals surface area contributed by atoms with E-state index >= 15 is 0 Å². The van der Waals surface area contributed by atoms with Crippen molar-refractivity contribution < 1.29 is 0 Å². The highest BCUT2D eigenvalue weighted by Gasteiger charge is 1.76. The molecule has 0 radical (unpaired) electrons. The second kappa shape index (κ2) is 9.83. The van der Waals surface area contributed by atoms with E-state index in [1.807, 2.05) is 0 Å². The summed E-state index contributed by atoms with van der Waals surface area (Å²) in [6, 6.07) is 0. The van der Waals surface area contributed by atoms with Crippen LogP contribution in [0.3, 0.4) is 0 Å². The molecule has 0 heterocycles. The molecule has 0 bridgehead atoms. The van der Waals surface area contributed by atoms with E-state index < -0.39 is 0 Å². The van der Waals surface area contributed by atoms with Crippen molar-refractivity contribution in [3.8, 4) is 0 Å². The molecule has 0 spiro atoms. The Hall–Kier alpha value is -0.170. The first-order chi connectivity index (χ1) is 5.41. The molecule has 0 aromatic rings. The van der Waals surface area contributed by atoms with Gasteiger partial charge in [-0.3, -0.25) is 0 Å². The minimum absolute atomic E-state index is 0.850. The molecule has 0 nitrogen and oxygen atoms in total. The normalized spacial score (nSPS) is 11.8. The molecule has 0 atom stereocenters. The van der Waals surface area contributed by atoms with Crippen molar-refractivity contribution in [3.63, 3.8) is 0 Å². The van der Waals surface area contributed by atoms with Crippen molar-refractivity contribution in [2.45, 2.75) is 32.6 Å². The molecule has 11 heavy (non-hydrogen) atoms. The van der Waals surface area contributed by atoms with Crippen molar-refractivity contribution >= 4 is 12.6 Å². The smallest absolute Gasteiger partial charge is 0.00826 e. The molecule has 0 saturated heterocycles. The van der Waals surface area contributed by atoms with Gasteiger partial charge in [-0.2, -0.15) is 12.6 Å². The molecule has 1 heteroatoms. The van der Waals surface area contributed by atoms with Gasteiger partial charge in [0.1, 0.15) is 0 Å². The first-order valence-electron chi connectivity index (χ1n) is 4.32. The van der Waals surface area contributed by atoms with E-state index in [4.69, 9.17) is 0 Å². The Morgan fingerprint density at radius 1 is 1.09 bits per heavy atom. The average molecular weight is 170 g/mol. The third kappa shape index (κ3) is 9.83. The van der Waals surface area contributed by atoms with Gasteiger partial charge in [-0.05, 0) is 12.8 Å². The van der Waals surface area contributed by atoms with Gasteiger partial charge in [0, 0.05) is 5.75 Å². The first-order valence-corrected chi connectivity index (χ1v) is 4.96. The third-order valence-electron chi connectivity index (χ3n) is 1.44. The summed E-state index contributed by atoms with van der Waals surface area (Å²) in [6.45, 7) is 2.22. The summed E-state index contributed by atoms with van der Waals surface area (Å²) in [4.78, 5) is 0. The molecule has 0 N–H and O–H groups in total. The van der Waals surface area contributed by atoms with Crippen LogP contribution in [-0.4, -0.2) is 5.75 Å². The summed E-state index contributed by atoms with van der Waals surface area (Å²) < 4.78 is 0. The minimum Gasteiger partial charge on any atom is -0.175 e. The summed E-state index contributed by atoms with van der Waals surface area (Å²) in [5.41, 5.74) is 0. The van der Waals surface area contributed by atoms with Gasteiger partial charge in [0.05, 0.1) is 0 Å². The number of unbranched alkanes of at least 4 members (excludes halogenated alkanes) is 2. The predicted octanol–water partition coefficient (Wildman–Crippen LogP) is 3.61. The summed E-state index contributed by atoms with van der Waals surface area (Å²) in [6.07, 6.45) is 13.6. The Morgan fingerprint density at radius 2 is 1.82 bits per heavy atom. The van der Waals surface area contributed by atoms with E-state index in [0.717, 1.165) is 12.2 Å². The topological polar surface area (TPSA) is 0 Å². The van der Waals surface area contributed by atoms with Crippen LogP contribution in [0, 0.1) is 0 Å². The zero-order valence-electron chi connectivity index (χ0n) is 7.29. The van der Waals surface area contributed by atoms with Crippen LogP contribution in [-0.2, 0) is 0 Å². The van der Waals surface area contributed by atoms with E-state index in [9.17, 15) is 0 Å². The first kappa shape index (κ1) is 10.8. The molecule has 0 amide bonds.